The first kappa shape index (κ1) is 8.62. The summed E-state index contributed by atoms with van der Waals surface area (Å²) in [6.07, 6.45) is 0. The highest BCUT2D eigenvalue weighted by Gasteiger charge is 2.04. The van der Waals surface area contributed by atoms with Gasteiger partial charge >= 0.3 is 0 Å². The van der Waals surface area contributed by atoms with Gasteiger partial charge in [0.15, 0.2) is 0 Å². The van der Waals surface area contributed by atoms with Crippen LogP contribution >= 0.6 is 34.2 Å². The van der Waals surface area contributed by atoms with Crippen molar-refractivity contribution in [2.45, 2.75) is 0 Å². The molecule has 0 aliphatic carbocycles. The van der Waals surface area contributed by atoms with Crippen LogP contribution in [0, 0.1) is 14.9 Å². The summed E-state index contributed by atoms with van der Waals surface area (Å²) in [7, 11) is 0. The lowest BCUT2D eigenvalue weighted by Gasteiger charge is -1.99. The summed E-state index contributed by atoms with van der Waals surface area (Å²) < 4.78 is 0.934. The van der Waals surface area contributed by atoms with Gasteiger partial charge in [-0.1, -0.05) is 11.6 Å². The van der Waals surface area contributed by atoms with Crippen LogP contribution in [-0.2, 0) is 0 Å². The molecule has 0 saturated heterocycles. The summed E-state index contributed by atoms with van der Waals surface area (Å²) in [5.74, 6) is 0. The number of nitrogens with zero attached hydrogens (tertiary/aromatic N) is 1. The van der Waals surface area contributed by atoms with E-state index in [0.29, 0.717) is 16.3 Å². The van der Waals surface area contributed by atoms with Gasteiger partial charge in [0.1, 0.15) is 6.07 Å². The van der Waals surface area contributed by atoms with Crippen molar-refractivity contribution < 1.29 is 0 Å². The lowest BCUT2D eigenvalue weighted by Crippen LogP contribution is -1.91. The average Bonchev–Trinajstić information content (AvgIpc) is 1.85. The van der Waals surface area contributed by atoms with Crippen molar-refractivity contribution in [1.82, 2.24) is 0 Å². The van der Waals surface area contributed by atoms with E-state index in [1.54, 1.807) is 12.1 Å². The fourth-order valence-corrected chi connectivity index (χ4v) is 1.81. The van der Waals surface area contributed by atoms with E-state index < -0.39 is 0 Å². The van der Waals surface area contributed by atoms with E-state index in [4.69, 9.17) is 22.6 Å². The molecule has 0 saturated carbocycles. The number of halogens is 2. The summed E-state index contributed by atoms with van der Waals surface area (Å²) >= 11 is 7.82. The van der Waals surface area contributed by atoms with Crippen molar-refractivity contribution in [1.29, 1.82) is 5.26 Å². The van der Waals surface area contributed by atoms with Crippen LogP contribution in [0.15, 0.2) is 12.1 Å². The molecule has 0 unspecified atom stereocenters. The minimum absolute atomic E-state index is 0.354. The first-order valence-corrected chi connectivity index (χ1v) is 4.25. The molecule has 0 atom stereocenters. The predicted molar refractivity (Wildman–Crippen MR) is 53.3 cm³/mol. The normalized spacial score (nSPS) is 9.18. The van der Waals surface area contributed by atoms with Crippen LogP contribution in [0.3, 0.4) is 0 Å². The lowest BCUT2D eigenvalue weighted by molar-refractivity contribution is 1.48. The summed E-state index contributed by atoms with van der Waals surface area (Å²) in [6, 6.07) is 5.35. The number of anilines is 1. The number of hydrogen-bond acceptors (Lipinski definition) is 2. The molecule has 0 aliphatic rings. The third kappa shape index (κ3) is 1.76. The molecule has 0 aromatic heterocycles. The van der Waals surface area contributed by atoms with Gasteiger partial charge in [-0.3, -0.25) is 0 Å². The standard InChI is InChI=1S/C7H4ClIN2/c8-6-1-4(9)2-7(11)5(6)3-10/h1-2H,11H2. The molecule has 0 heterocycles. The number of nitriles is 1. The van der Waals surface area contributed by atoms with Crippen molar-refractivity contribution >= 4 is 39.9 Å². The molecular formula is C7H4ClIN2. The third-order valence-corrected chi connectivity index (χ3v) is 2.12. The minimum Gasteiger partial charge on any atom is -0.398 e. The van der Waals surface area contributed by atoms with Gasteiger partial charge in [-0.25, -0.2) is 0 Å². The molecule has 11 heavy (non-hydrogen) atoms. The first-order valence-electron chi connectivity index (χ1n) is 2.79. The highest BCUT2D eigenvalue weighted by molar-refractivity contribution is 14.1. The van der Waals surface area contributed by atoms with Gasteiger partial charge in [0, 0.05) is 3.57 Å². The molecule has 1 rings (SSSR count). The maximum absolute atomic E-state index is 8.57. The Morgan fingerprint density at radius 3 is 2.64 bits per heavy atom. The zero-order valence-corrected chi connectivity index (χ0v) is 8.35. The number of nitrogens with two attached hydrogens (primary N) is 1. The summed E-state index contributed by atoms with van der Waals surface area (Å²) in [6.45, 7) is 0. The van der Waals surface area contributed by atoms with Crippen molar-refractivity contribution in [3.05, 3.63) is 26.3 Å². The van der Waals surface area contributed by atoms with Crippen molar-refractivity contribution in [2.75, 3.05) is 5.73 Å². The molecule has 56 valence electrons. The maximum Gasteiger partial charge on any atom is 0.103 e. The van der Waals surface area contributed by atoms with Crippen LogP contribution in [0.4, 0.5) is 5.69 Å². The molecule has 0 spiro atoms. The van der Waals surface area contributed by atoms with Crippen LogP contribution in [-0.4, -0.2) is 0 Å². The van der Waals surface area contributed by atoms with E-state index in [0.717, 1.165) is 3.57 Å². The first-order chi connectivity index (χ1) is 5.15. The Bertz CT molecular complexity index is 307. The number of nitrogen functional groups attached to an aromatic ring is 1. The average molecular weight is 278 g/mol. The zero-order valence-electron chi connectivity index (χ0n) is 5.44. The Morgan fingerprint density at radius 2 is 2.18 bits per heavy atom. The van der Waals surface area contributed by atoms with Crippen LogP contribution < -0.4 is 5.73 Å². The highest BCUT2D eigenvalue weighted by atomic mass is 127. The largest absolute Gasteiger partial charge is 0.398 e. The smallest absolute Gasteiger partial charge is 0.103 e. The second-order valence-corrected chi connectivity index (χ2v) is 3.62. The quantitative estimate of drug-likeness (QED) is 0.585. The third-order valence-electron chi connectivity index (χ3n) is 1.20. The van der Waals surface area contributed by atoms with E-state index in [-0.39, 0.29) is 0 Å². The molecule has 2 nitrogen and oxygen atoms in total. The van der Waals surface area contributed by atoms with Gasteiger partial charge in [0.05, 0.1) is 16.3 Å². The van der Waals surface area contributed by atoms with Crippen LogP contribution in [0.1, 0.15) is 5.56 Å². The lowest BCUT2D eigenvalue weighted by atomic mass is 10.2. The monoisotopic (exact) mass is 278 g/mol. The molecule has 0 radical (unpaired) electrons. The molecule has 0 fully saturated rings. The molecule has 0 aliphatic heterocycles. The van der Waals surface area contributed by atoms with Crippen LogP contribution in [0.25, 0.3) is 0 Å². The fraction of sp³-hybridized carbons (Fsp3) is 0. The van der Waals surface area contributed by atoms with Crippen LogP contribution in [0.2, 0.25) is 5.02 Å². The highest BCUT2D eigenvalue weighted by Crippen LogP contribution is 2.24. The SMILES string of the molecule is N#Cc1c(N)cc(I)cc1Cl. The van der Waals surface area contributed by atoms with Crippen molar-refractivity contribution in [3.63, 3.8) is 0 Å². The van der Waals surface area contributed by atoms with E-state index >= 15 is 0 Å². The molecular weight excluding hydrogens is 274 g/mol. The van der Waals surface area contributed by atoms with Gasteiger partial charge in [0.2, 0.25) is 0 Å². The maximum atomic E-state index is 8.57. The van der Waals surface area contributed by atoms with E-state index in [9.17, 15) is 0 Å². The Labute approximate surface area is 83.1 Å². The molecule has 1 aromatic carbocycles. The molecule has 0 bridgehead atoms. The molecule has 0 amide bonds. The fourth-order valence-electron chi connectivity index (χ4n) is 0.711. The van der Waals surface area contributed by atoms with Gasteiger partial charge in [-0.15, -0.1) is 0 Å². The molecule has 1 aromatic rings. The topological polar surface area (TPSA) is 49.8 Å². The van der Waals surface area contributed by atoms with Gasteiger partial charge in [-0.05, 0) is 34.7 Å². The molecule has 2 N–H and O–H groups in total. The van der Waals surface area contributed by atoms with E-state index in [1.165, 1.54) is 0 Å². The number of hydrogen-bond donors (Lipinski definition) is 1. The Balaban J connectivity index is 3.40. The van der Waals surface area contributed by atoms with Crippen LogP contribution in [0.5, 0.6) is 0 Å². The summed E-state index contributed by atoms with van der Waals surface area (Å²) in [5, 5.41) is 8.99. The van der Waals surface area contributed by atoms with E-state index in [2.05, 4.69) is 22.6 Å². The van der Waals surface area contributed by atoms with E-state index in [1.807, 2.05) is 6.07 Å². The zero-order chi connectivity index (χ0) is 8.43. The number of benzene rings is 1. The van der Waals surface area contributed by atoms with Gasteiger partial charge < -0.3 is 5.73 Å². The number of rotatable bonds is 0. The Morgan fingerprint density at radius 1 is 1.55 bits per heavy atom. The second kappa shape index (κ2) is 3.28. The van der Waals surface area contributed by atoms with Gasteiger partial charge in [-0.2, -0.15) is 5.26 Å². The second-order valence-electron chi connectivity index (χ2n) is 1.96. The Hall–Kier alpha value is -0.470. The Kier molecular flexibility index (Phi) is 2.58. The molecule has 4 heteroatoms. The predicted octanol–water partition coefficient (Wildman–Crippen LogP) is 2.40. The van der Waals surface area contributed by atoms with Gasteiger partial charge in [0.25, 0.3) is 0 Å². The summed E-state index contributed by atoms with van der Waals surface area (Å²) in [4.78, 5) is 0. The summed E-state index contributed by atoms with van der Waals surface area (Å²) in [5.41, 5.74) is 6.31. The minimum atomic E-state index is 0.354. The van der Waals surface area contributed by atoms with Crippen molar-refractivity contribution in [2.24, 2.45) is 0 Å². The van der Waals surface area contributed by atoms with Crippen molar-refractivity contribution in [3.8, 4) is 6.07 Å².